The van der Waals surface area contributed by atoms with Gasteiger partial charge in [0.15, 0.2) is 0 Å². The third kappa shape index (κ3) is 3.58. The van der Waals surface area contributed by atoms with Gasteiger partial charge >= 0.3 is 0 Å². The largest absolute Gasteiger partial charge is 0.302 e. The van der Waals surface area contributed by atoms with Gasteiger partial charge in [-0.3, -0.25) is 4.98 Å². The average Bonchev–Trinajstić information content (AvgIpc) is 2.21. The summed E-state index contributed by atoms with van der Waals surface area (Å²) in [5.41, 5.74) is 0.307. The molecule has 0 spiro atoms. The maximum Gasteiger partial charge on any atom is 0.131 e. The Morgan fingerprint density at radius 1 is 1.36 bits per heavy atom. The van der Waals surface area contributed by atoms with Gasteiger partial charge in [-0.15, -0.1) is 0 Å². The van der Waals surface area contributed by atoms with Crippen LogP contribution in [0.5, 0.6) is 0 Å². The van der Waals surface area contributed by atoms with Crippen molar-refractivity contribution >= 4 is 22.2 Å². The molecule has 0 unspecified atom stereocenters. The minimum absolute atomic E-state index is 0.485. The fourth-order valence-corrected chi connectivity index (χ4v) is 1.05. The number of rotatable bonds is 2. The Balaban J connectivity index is 0.000000791. The summed E-state index contributed by atoms with van der Waals surface area (Å²) in [6.45, 7) is 7.69. The van der Waals surface area contributed by atoms with Crippen LogP contribution in [-0.4, -0.2) is 11.3 Å². The van der Waals surface area contributed by atoms with Crippen molar-refractivity contribution in [2.75, 3.05) is 0 Å². The van der Waals surface area contributed by atoms with Crippen molar-refractivity contribution in [2.24, 2.45) is 0 Å². The SMILES string of the molecule is CC.CC(C)(C=O)c1ccc(Br)cn1. The topological polar surface area (TPSA) is 30.0 Å². The molecule has 0 aliphatic carbocycles. The molecular weight excluding hydrogens is 242 g/mol. The first-order valence-corrected chi connectivity index (χ1v) is 5.44. The summed E-state index contributed by atoms with van der Waals surface area (Å²) >= 11 is 3.28. The fourth-order valence-electron chi connectivity index (χ4n) is 0.817. The van der Waals surface area contributed by atoms with Gasteiger partial charge in [0.25, 0.3) is 0 Å². The van der Waals surface area contributed by atoms with Crippen LogP contribution in [0.2, 0.25) is 0 Å². The molecule has 14 heavy (non-hydrogen) atoms. The summed E-state index contributed by atoms with van der Waals surface area (Å²) in [5.74, 6) is 0. The van der Waals surface area contributed by atoms with E-state index in [2.05, 4.69) is 20.9 Å². The fraction of sp³-hybridized carbons (Fsp3) is 0.455. The lowest BCUT2D eigenvalue weighted by Gasteiger charge is -2.15. The molecule has 0 saturated heterocycles. The predicted octanol–water partition coefficient (Wildman–Crippen LogP) is 3.35. The molecule has 1 aromatic heterocycles. The number of hydrogen-bond donors (Lipinski definition) is 0. The van der Waals surface area contributed by atoms with E-state index in [0.29, 0.717) is 0 Å². The Bertz CT molecular complexity index is 280. The van der Waals surface area contributed by atoms with Crippen molar-refractivity contribution in [3.63, 3.8) is 0 Å². The second kappa shape index (κ2) is 5.91. The third-order valence-electron chi connectivity index (χ3n) is 1.68. The number of hydrogen-bond acceptors (Lipinski definition) is 2. The quantitative estimate of drug-likeness (QED) is 0.761. The second-order valence-corrected chi connectivity index (χ2v) is 4.12. The van der Waals surface area contributed by atoms with Gasteiger partial charge in [-0.2, -0.15) is 0 Å². The van der Waals surface area contributed by atoms with Gasteiger partial charge < -0.3 is 4.79 Å². The minimum Gasteiger partial charge on any atom is -0.302 e. The van der Waals surface area contributed by atoms with Crippen LogP contribution in [0, 0.1) is 0 Å². The number of halogens is 1. The molecule has 0 radical (unpaired) electrons. The van der Waals surface area contributed by atoms with Crippen molar-refractivity contribution in [1.29, 1.82) is 0 Å². The van der Waals surface area contributed by atoms with Crippen LogP contribution in [0.15, 0.2) is 22.8 Å². The Hall–Kier alpha value is -0.700. The van der Waals surface area contributed by atoms with Gasteiger partial charge in [0.05, 0.1) is 11.1 Å². The number of carbonyl (C=O) groups is 1. The summed E-state index contributed by atoms with van der Waals surface area (Å²) < 4.78 is 0.924. The summed E-state index contributed by atoms with van der Waals surface area (Å²) in [6.07, 6.45) is 2.60. The van der Waals surface area contributed by atoms with Crippen LogP contribution >= 0.6 is 15.9 Å². The third-order valence-corrected chi connectivity index (χ3v) is 2.15. The lowest BCUT2D eigenvalue weighted by atomic mass is 9.91. The van der Waals surface area contributed by atoms with Crippen LogP contribution in [-0.2, 0) is 10.2 Å². The summed E-state index contributed by atoms with van der Waals surface area (Å²) in [4.78, 5) is 14.8. The maximum atomic E-state index is 10.7. The smallest absolute Gasteiger partial charge is 0.131 e. The lowest BCUT2D eigenvalue weighted by molar-refractivity contribution is -0.111. The zero-order valence-corrected chi connectivity index (χ0v) is 10.6. The number of carbonyl (C=O) groups excluding carboxylic acids is 1. The van der Waals surface area contributed by atoms with Crippen molar-refractivity contribution in [3.05, 3.63) is 28.5 Å². The van der Waals surface area contributed by atoms with Crippen molar-refractivity contribution in [2.45, 2.75) is 33.1 Å². The molecule has 0 N–H and O–H groups in total. The highest BCUT2D eigenvalue weighted by molar-refractivity contribution is 9.10. The van der Waals surface area contributed by atoms with Crippen LogP contribution in [0.4, 0.5) is 0 Å². The summed E-state index contributed by atoms with van der Waals surface area (Å²) in [5, 5.41) is 0. The van der Waals surface area contributed by atoms with Gasteiger partial charge in [0, 0.05) is 10.7 Å². The van der Waals surface area contributed by atoms with Crippen LogP contribution < -0.4 is 0 Å². The number of aldehydes is 1. The van der Waals surface area contributed by atoms with E-state index in [-0.39, 0.29) is 0 Å². The summed E-state index contributed by atoms with van der Waals surface area (Å²) in [6, 6.07) is 3.73. The van der Waals surface area contributed by atoms with Crippen LogP contribution in [0.1, 0.15) is 33.4 Å². The zero-order valence-electron chi connectivity index (χ0n) is 9.04. The first-order chi connectivity index (χ1) is 6.56. The maximum absolute atomic E-state index is 10.7. The van der Waals surface area contributed by atoms with Gasteiger partial charge in [-0.1, -0.05) is 13.8 Å². The Morgan fingerprint density at radius 2 is 1.93 bits per heavy atom. The van der Waals surface area contributed by atoms with E-state index in [1.54, 1.807) is 6.20 Å². The van der Waals surface area contributed by atoms with E-state index < -0.39 is 5.41 Å². The minimum atomic E-state index is -0.485. The molecule has 0 amide bonds. The molecule has 0 atom stereocenters. The molecule has 2 nitrogen and oxygen atoms in total. The molecule has 1 rings (SSSR count). The van der Waals surface area contributed by atoms with E-state index in [0.717, 1.165) is 16.5 Å². The monoisotopic (exact) mass is 257 g/mol. The molecule has 0 aromatic carbocycles. The molecule has 3 heteroatoms. The van der Waals surface area contributed by atoms with Crippen LogP contribution in [0.25, 0.3) is 0 Å². The standard InChI is InChI=1S/C9H10BrNO.C2H6/c1-9(2,6-12)8-4-3-7(10)5-11-8;1-2/h3-6H,1-2H3;1-2H3. The summed E-state index contributed by atoms with van der Waals surface area (Å²) in [7, 11) is 0. The van der Waals surface area contributed by atoms with Gasteiger partial charge in [0.2, 0.25) is 0 Å². The number of nitrogens with zero attached hydrogens (tertiary/aromatic N) is 1. The van der Waals surface area contributed by atoms with Crippen molar-refractivity contribution in [3.8, 4) is 0 Å². The molecule has 0 aliphatic heterocycles. The van der Waals surface area contributed by atoms with Crippen molar-refractivity contribution < 1.29 is 4.79 Å². The molecule has 1 heterocycles. The average molecular weight is 258 g/mol. The Labute approximate surface area is 93.9 Å². The van der Waals surface area contributed by atoms with E-state index in [1.165, 1.54) is 0 Å². The molecular formula is C11H16BrNO. The lowest BCUT2D eigenvalue weighted by Crippen LogP contribution is -2.20. The van der Waals surface area contributed by atoms with E-state index in [4.69, 9.17) is 0 Å². The molecule has 0 saturated carbocycles. The normalized spacial score (nSPS) is 10.1. The van der Waals surface area contributed by atoms with E-state index >= 15 is 0 Å². The number of aromatic nitrogens is 1. The van der Waals surface area contributed by atoms with E-state index in [9.17, 15) is 4.79 Å². The second-order valence-electron chi connectivity index (χ2n) is 3.20. The zero-order chi connectivity index (χ0) is 11.2. The highest BCUT2D eigenvalue weighted by atomic mass is 79.9. The van der Waals surface area contributed by atoms with Gasteiger partial charge in [-0.05, 0) is 41.9 Å². The van der Waals surface area contributed by atoms with E-state index in [1.807, 2.05) is 39.8 Å². The molecule has 1 aromatic rings. The Kier molecular flexibility index (Phi) is 5.62. The Morgan fingerprint density at radius 3 is 2.29 bits per heavy atom. The first-order valence-electron chi connectivity index (χ1n) is 4.64. The van der Waals surface area contributed by atoms with Crippen molar-refractivity contribution in [1.82, 2.24) is 4.98 Å². The molecule has 0 aliphatic rings. The highest BCUT2D eigenvalue weighted by Crippen LogP contribution is 2.19. The molecule has 78 valence electrons. The van der Waals surface area contributed by atoms with Gasteiger partial charge in [-0.25, -0.2) is 0 Å². The van der Waals surface area contributed by atoms with Gasteiger partial charge in [0.1, 0.15) is 6.29 Å². The van der Waals surface area contributed by atoms with Crippen LogP contribution in [0.3, 0.4) is 0 Å². The highest BCUT2D eigenvalue weighted by Gasteiger charge is 2.20. The predicted molar refractivity (Wildman–Crippen MR) is 62.4 cm³/mol. The first kappa shape index (κ1) is 13.3. The molecule has 0 fully saturated rings. The number of pyridine rings is 1. The molecule has 0 bridgehead atoms.